The molecule has 162 valence electrons. The molecule has 2 amide bonds. The molecule has 0 aliphatic heterocycles. The summed E-state index contributed by atoms with van der Waals surface area (Å²) in [6, 6.07) is 9.61. The first-order valence-corrected chi connectivity index (χ1v) is 10.5. The summed E-state index contributed by atoms with van der Waals surface area (Å²) in [6.07, 6.45) is -0.0141. The summed E-state index contributed by atoms with van der Waals surface area (Å²) in [5.74, 6) is -0.785. The average Bonchev–Trinajstić information content (AvgIpc) is 3.11. The second-order valence-electron chi connectivity index (χ2n) is 6.67. The van der Waals surface area contributed by atoms with Crippen LogP contribution in [0.25, 0.3) is 0 Å². The van der Waals surface area contributed by atoms with Crippen molar-refractivity contribution in [3.63, 3.8) is 0 Å². The molecule has 0 aliphatic carbocycles. The van der Waals surface area contributed by atoms with E-state index < -0.39 is 0 Å². The number of halogens is 2. The van der Waals surface area contributed by atoms with E-state index in [0.29, 0.717) is 34.5 Å². The van der Waals surface area contributed by atoms with Crippen molar-refractivity contribution in [2.75, 3.05) is 16.4 Å². The highest BCUT2D eigenvalue weighted by atomic mass is 32.2. The molecule has 0 bridgehead atoms. The van der Waals surface area contributed by atoms with Gasteiger partial charge in [0.15, 0.2) is 5.16 Å². The topological polar surface area (TPSA) is 88.9 Å². The smallest absolute Gasteiger partial charge is 0.234 e. The van der Waals surface area contributed by atoms with Crippen molar-refractivity contribution >= 4 is 35.0 Å². The predicted octanol–water partition coefficient (Wildman–Crippen LogP) is 3.80. The van der Waals surface area contributed by atoms with Gasteiger partial charge in [-0.15, -0.1) is 10.2 Å². The summed E-state index contributed by atoms with van der Waals surface area (Å²) in [7, 11) is 0. The predicted molar refractivity (Wildman–Crippen MR) is 115 cm³/mol. The third kappa shape index (κ3) is 6.11. The molecule has 7 nitrogen and oxygen atoms in total. The van der Waals surface area contributed by atoms with Crippen molar-refractivity contribution in [2.24, 2.45) is 0 Å². The quantitative estimate of drug-likeness (QED) is 0.515. The molecular weight excluding hydrogens is 424 g/mol. The average molecular weight is 445 g/mol. The first kappa shape index (κ1) is 22.4. The van der Waals surface area contributed by atoms with Crippen LogP contribution in [0.5, 0.6) is 0 Å². The molecule has 10 heteroatoms. The van der Waals surface area contributed by atoms with Gasteiger partial charge in [0.2, 0.25) is 11.8 Å². The van der Waals surface area contributed by atoms with Gasteiger partial charge in [-0.2, -0.15) is 0 Å². The number of benzene rings is 2. The minimum Gasteiger partial charge on any atom is -0.326 e. The molecule has 3 aromatic rings. The van der Waals surface area contributed by atoms with Crippen LogP contribution in [0.4, 0.5) is 20.2 Å². The van der Waals surface area contributed by atoms with E-state index >= 15 is 0 Å². The van der Waals surface area contributed by atoms with Gasteiger partial charge in [0.25, 0.3) is 0 Å². The van der Waals surface area contributed by atoms with Crippen molar-refractivity contribution in [2.45, 2.75) is 32.0 Å². The number of hydrogen-bond acceptors (Lipinski definition) is 5. The van der Waals surface area contributed by atoms with Crippen LogP contribution >= 0.6 is 11.8 Å². The maximum Gasteiger partial charge on any atom is 0.234 e. The fraction of sp³-hybridized carbons (Fsp3) is 0.238. The van der Waals surface area contributed by atoms with Gasteiger partial charge in [0.05, 0.1) is 12.2 Å². The Balaban J connectivity index is 1.58. The zero-order valence-corrected chi connectivity index (χ0v) is 17.8. The second kappa shape index (κ2) is 10.2. The number of aryl methyl sites for hydroxylation is 1. The van der Waals surface area contributed by atoms with E-state index in [2.05, 4.69) is 20.8 Å². The number of hydrogen-bond donors (Lipinski definition) is 2. The van der Waals surface area contributed by atoms with E-state index in [9.17, 15) is 18.4 Å². The molecule has 3 rings (SSSR count). The monoisotopic (exact) mass is 445 g/mol. The molecule has 0 unspecified atom stereocenters. The van der Waals surface area contributed by atoms with E-state index in [1.165, 1.54) is 54.2 Å². The largest absolute Gasteiger partial charge is 0.326 e. The van der Waals surface area contributed by atoms with Gasteiger partial charge in [0.1, 0.15) is 17.5 Å². The van der Waals surface area contributed by atoms with Crippen molar-refractivity contribution in [1.82, 2.24) is 14.8 Å². The number of nitrogens with zero attached hydrogens (tertiary/aromatic N) is 3. The summed E-state index contributed by atoms with van der Waals surface area (Å²) in [4.78, 5) is 24.5. The van der Waals surface area contributed by atoms with Gasteiger partial charge in [-0.05, 0) is 61.9 Å². The zero-order valence-electron chi connectivity index (χ0n) is 17.0. The Labute approximate surface area is 182 Å². The van der Waals surface area contributed by atoms with E-state index in [4.69, 9.17) is 0 Å². The van der Waals surface area contributed by atoms with Gasteiger partial charge in [-0.1, -0.05) is 11.8 Å². The lowest BCUT2D eigenvalue weighted by Gasteiger charge is -2.09. The van der Waals surface area contributed by atoms with Crippen LogP contribution < -0.4 is 10.6 Å². The standard InChI is InChI=1S/C21H21F2N5O2S/c1-3-28-18(11-19(29)24-16-7-4-14(22)5-8-16)26-27-21(28)31-12-20(30)25-17-9-6-15(23)10-13(17)2/h4-10H,3,11-12H2,1-2H3,(H,24,29)(H,25,30). The highest BCUT2D eigenvalue weighted by Crippen LogP contribution is 2.20. The summed E-state index contributed by atoms with van der Waals surface area (Å²) in [5.41, 5.74) is 1.66. The maximum atomic E-state index is 13.2. The van der Waals surface area contributed by atoms with E-state index in [1.54, 1.807) is 11.5 Å². The molecule has 2 N–H and O–H groups in total. The number of thioether (sulfide) groups is 1. The fourth-order valence-electron chi connectivity index (χ4n) is 2.84. The van der Waals surface area contributed by atoms with Crippen LogP contribution in [0, 0.1) is 18.6 Å². The Bertz CT molecular complexity index is 1090. The molecule has 0 spiro atoms. The Hall–Kier alpha value is -3.27. The number of rotatable bonds is 8. The van der Waals surface area contributed by atoms with E-state index in [-0.39, 0.29) is 35.6 Å². The van der Waals surface area contributed by atoms with Crippen LogP contribution in [0.3, 0.4) is 0 Å². The molecule has 0 atom stereocenters. The normalized spacial score (nSPS) is 10.7. The number of carbonyl (C=O) groups excluding carboxylic acids is 2. The van der Waals surface area contributed by atoms with Gasteiger partial charge < -0.3 is 15.2 Å². The summed E-state index contributed by atoms with van der Waals surface area (Å²) in [6.45, 7) is 4.12. The number of aromatic nitrogens is 3. The zero-order chi connectivity index (χ0) is 22.4. The lowest BCUT2D eigenvalue weighted by molar-refractivity contribution is -0.116. The minimum atomic E-state index is -0.385. The van der Waals surface area contributed by atoms with E-state index in [1.807, 2.05) is 6.92 Å². The maximum absolute atomic E-state index is 13.2. The Morgan fingerprint density at radius 3 is 2.39 bits per heavy atom. The summed E-state index contributed by atoms with van der Waals surface area (Å²) < 4.78 is 27.9. The number of amides is 2. The van der Waals surface area contributed by atoms with Gasteiger partial charge in [0, 0.05) is 17.9 Å². The van der Waals surface area contributed by atoms with Crippen LogP contribution in [-0.4, -0.2) is 32.3 Å². The molecule has 1 aromatic heterocycles. The number of carbonyl (C=O) groups is 2. The number of anilines is 2. The molecule has 0 saturated carbocycles. The Kier molecular flexibility index (Phi) is 7.35. The van der Waals surface area contributed by atoms with Crippen molar-refractivity contribution in [3.8, 4) is 0 Å². The van der Waals surface area contributed by atoms with Crippen LogP contribution in [0.15, 0.2) is 47.6 Å². The fourth-order valence-corrected chi connectivity index (χ4v) is 3.66. The molecule has 0 radical (unpaired) electrons. The SMILES string of the molecule is CCn1c(CC(=O)Nc2ccc(F)cc2)nnc1SCC(=O)Nc1ccc(F)cc1C. The van der Waals surface area contributed by atoms with Gasteiger partial charge >= 0.3 is 0 Å². The molecule has 0 saturated heterocycles. The molecular formula is C21H21F2N5O2S. The molecule has 0 aliphatic rings. The van der Waals surface area contributed by atoms with Crippen LogP contribution in [0.1, 0.15) is 18.3 Å². The molecule has 1 heterocycles. The first-order valence-electron chi connectivity index (χ1n) is 9.52. The third-order valence-corrected chi connectivity index (χ3v) is 5.32. The highest BCUT2D eigenvalue weighted by Gasteiger charge is 2.16. The lowest BCUT2D eigenvalue weighted by Crippen LogP contribution is -2.18. The molecule has 31 heavy (non-hydrogen) atoms. The molecule has 2 aromatic carbocycles. The third-order valence-electron chi connectivity index (χ3n) is 4.35. The number of nitrogens with one attached hydrogen (secondary N) is 2. The summed E-state index contributed by atoms with van der Waals surface area (Å²) >= 11 is 1.19. The van der Waals surface area contributed by atoms with Gasteiger partial charge in [-0.25, -0.2) is 8.78 Å². The van der Waals surface area contributed by atoms with Crippen molar-refractivity contribution < 1.29 is 18.4 Å². The van der Waals surface area contributed by atoms with Crippen LogP contribution in [0.2, 0.25) is 0 Å². The highest BCUT2D eigenvalue weighted by molar-refractivity contribution is 7.99. The second-order valence-corrected chi connectivity index (χ2v) is 7.61. The molecule has 0 fully saturated rings. The first-order chi connectivity index (χ1) is 14.9. The minimum absolute atomic E-state index is 0.0141. The van der Waals surface area contributed by atoms with Crippen LogP contribution in [-0.2, 0) is 22.6 Å². The summed E-state index contributed by atoms with van der Waals surface area (Å²) in [5, 5.41) is 14.1. The van der Waals surface area contributed by atoms with Gasteiger partial charge in [-0.3, -0.25) is 9.59 Å². The van der Waals surface area contributed by atoms with Crippen molar-refractivity contribution in [3.05, 3.63) is 65.5 Å². The Morgan fingerprint density at radius 2 is 1.71 bits per heavy atom. The Morgan fingerprint density at radius 1 is 1.00 bits per heavy atom. The van der Waals surface area contributed by atoms with E-state index in [0.717, 1.165) is 0 Å². The lowest BCUT2D eigenvalue weighted by atomic mass is 10.2. The van der Waals surface area contributed by atoms with Crippen molar-refractivity contribution in [1.29, 1.82) is 0 Å².